The summed E-state index contributed by atoms with van der Waals surface area (Å²) in [6.07, 6.45) is 0.499. The molecule has 0 aliphatic rings. The van der Waals surface area contributed by atoms with Crippen LogP contribution in [0.4, 0.5) is 11.4 Å². The van der Waals surface area contributed by atoms with E-state index in [0.717, 1.165) is 4.47 Å². The van der Waals surface area contributed by atoms with E-state index in [9.17, 15) is 4.79 Å². The van der Waals surface area contributed by atoms with E-state index in [-0.39, 0.29) is 11.3 Å². The summed E-state index contributed by atoms with van der Waals surface area (Å²) in [5, 5.41) is 2.86. The van der Waals surface area contributed by atoms with Gasteiger partial charge in [0.15, 0.2) is 0 Å². The van der Waals surface area contributed by atoms with E-state index in [4.69, 9.17) is 5.73 Å². The van der Waals surface area contributed by atoms with Gasteiger partial charge in [-0.3, -0.25) is 4.79 Å². The number of anilines is 2. The Morgan fingerprint density at radius 1 is 1.44 bits per heavy atom. The summed E-state index contributed by atoms with van der Waals surface area (Å²) >= 11 is 3.34. The van der Waals surface area contributed by atoms with Crippen molar-refractivity contribution >= 4 is 33.2 Å². The zero-order chi connectivity index (χ0) is 13.9. The fourth-order valence-corrected chi connectivity index (χ4v) is 1.81. The van der Waals surface area contributed by atoms with Gasteiger partial charge in [0.2, 0.25) is 5.91 Å². The first-order valence-corrected chi connectivity index (χ1v) is 6.84. The molecule has 0 radical (unpaired) electrons. The quantitative estimate of drug-likeness (QED) is 0.827. The van der Waals surface area contributed by atoms with Gasteiger partial charge in [-0.15, -0.1) is 0 Å². The Morgan fingerprint density at radius 2 is 2.06 bits per heavy atom. The molecule has 0 aliphatic carbocycles. The first-order chi connectivity index (χ1) is 8.20. The molecule has 0 saturated heterocycles. The van der Waals surface area contributed by atoms with Gasteiger partial charge >= 0.3 is 0 Å². The molecule has 0 aliphatic heterocycles. The van der Waals surface area contributed by atoms with Crippen LogP contribution in [0.15, 0.2) is 22.7 Å². The first kappa shape index (κ1) is 15.0. The van der Waals surface area contributed by atoms with Crippen molar-refractivity contribution in [3.63, 3.8) is 0 Å². The fourth-order valence-electron chi connectivity index (χ4n) is 1.43. The molecule has 3 N–H and O–H groups in total. The lowest BCUT2D eigenvalue weighted by Crippen LogP contribution is -2.24. The standard InChI is InChI=1S/C14H21BrN2O/c1-9(14(2,3)4)7-13(18)17-12-6-5-10(15)8-11(12)16/h5-6,8-9H,7,16H2,1-4H3,(H,17,18). The number of benzene rings is 1. The zero-order valence-corrected chi connectivity index (χ0v) is 13.0. The molecule has 1 rings (SSSR count). The average molecular weight is 313 g/mol. The third kappa shape index (κ3) is 4.33. The summed E-state index contributed by atoms with van der Waals surface area (Å²) in [6, 6.07) is 5.45. The summed E-state index contributed by atoms with van der Waals surface area (Å²) in [7, 11) is 0. The summed E-state index contributed by atoms with van der Waals surface area (Å²) in [5.74, 6) is 0.320. The van der Waals surface area contributed by atoms with Crippen LogP contribution in [0.2, 0.25) is 0 Å². The summed E-state index contributed by atoms with van der Waals surface area (Å²) < 4.78 is 0.904. The number of carbonyl (C=O) groups is 1. The van der Waals surface area contributed by atoms with Crippen molar-refractivity contribution in [1.29, 1.82) is 0 Å². The lowest BCUT2D eigenvalue weighted by molar-refractivity contribution is -0.117. The summed E-state index contributed by atoms with van der Waals surface area (Å²) in [6.45, 7) is 8.50. The number of nitrogen functional groups attached to an aromatic ring is 1. The monoisotopic (exact) mass is 312 g/mol. The maximum Gasteiger partial charge on any atom is 0.224 e. The van der Waals surface area contributed by atoms with Gasteiger partial charge in [0.25, 0.3) is 0 Å². The molecule has 1 unspecified atom stereocenters. The second-order valence-corrected chi connectivity index (χ2v) is 6.67. The first-order valence-electron chi connectivity index (χ1n) is 6.05. The zero-order valence-electron chi connectivity index (χ0n) is 11.4. The van der Waals surface area contributed by atoms with Gasteiger partial charge in [0.1, 0.15) is 0 Å². The van der Waals surface area contributed by atoms with Crippen LogP contribution in [0.3, 0.4) is 0 Å². The number of carbonyl (C=O) groups excluding carboxylic acids is 1. The van der Waals surface area contributed by atoms with Crippen LogP contribution in [0, 0.1) is 11.3 Å². The molecule has 0 heterocycles. The minimum atomic E-state index is 0.00597. The predicted octanol–water partition coefficient (Wildman–Crippen LogP) is 4.04. The van der Waals surface area contributed by atoms with Crippen LogP contribution in [0.25, 0.3) is 0 Å². The lowest BCUT2D eigenvalue weighted by Gasteiger charge is -2.26. The van der Waals surface area contributed by atoms with Crippen molar-refractivity contribution in [3.8, 4) is 0 Å². The lowest BCUT2D eigenvalue weighted by atomic mass is 9.80. The number of rotatable bonds is 3. The van der Waals surface area contributed by atoms with Gasteiger partial charge in [-0.1, -0.05) is 43.6 Å². The molecule has 4 heteroatoms. The second kappa shape index (κ2) is 5.74. The highest BCUT2D eigenvalue weighted by atomic mass is 79.9. The van der Waals surface area contributed by atoms with Gasteiger partial charge < -0.3 is 11.1 Å². The Hall–Kier alpha value is -1.03. The van der Waals surface area contributed by atoms with E-state index in [2.05, 4.69) is 48.9 Å². The molecule has 0 fully saturated rings. The average Bonchev–Trinajstić information content (AvgIpc) is 2.20. The van der Waals surface area contributed by atoms with E-state index in [1.54, 1.807) is 12.1 Å². The highest BCUT2D eigenvalue weighted by Gasteiger charge is 2.22. The highest BCUT2D eigenvalue weighted by molar-refractivity contribution is 9.10. The van der Waals surface area contributed by atoms with Crippen LogP contribution in [-0.4, -0.2) is 5.91 Å². The Kier molecular flexibility index (Phi) is 4.79. The number of nitrogens with two attached hydrogens (primary N) is 1. The van der Waals surface area contributed by atoms with Crippen LogP contribution < -0.4 is 11.1 Å². The largest absolute Gasteiger partial charge is 0.397 e. The van der Waals surface area contributed by atoms with Crippen LogP contribution in [-0.2, 0) is 4.79 Å². The van der Waals surface area contributed by atoms with Crippen LogP contribution >= 0.6 is 15.9 Å². The molecular formula is C14H21BrN2O. The van der Waals surface area contributed by atoms with Crippen LogP contribution in [0.1, 0.15) is 34.1 Å². The molecule has 0 bridgehead atoms. The van der Waals surface area contributed by atoms with E-state index in [0.29, 0.717) is 23.7 Å². The molecule has 0 saturated carbocycles. The van der Waals surface area contributed by atoms with E-state index < -0.39 is 0 Å². The molecule has 3 nitrogen and oxygen atoms in total. The molecule has 0 aromatic heterocycles. The number of nitrogens with one attached hydrogen (secondary N) is 1. The predicted molar refractivity (Wildman–Crippen MR) is 80.4 cm³/mol. The van der Waals surface area contributed by atoms with Crippen molar-refractivity contribution in [2.24, 2.45) is 11.3 Å². The number of amides is 1. The number of hydrogen-bond acceptors (Lipinski definition) is 2. The Labute approximate surface area is 117 Å². The molecule has 1 aromatic carbocycles. The maximum absolute atomic E-state index is 11.9. The molecule has 100 valence electrons. The Bertz CT molecular complexity index is 438. The molecule has 18 heavy (non-hydrogen) atoms. The van der Waals surface area contributed by atoms with E-state index in [1.165, 1.54) is 0 Å². The van der Waals surface area contributed by atoms with Crippen molar-refractivity contribution in [3.05, 3.63) is 22.7 Å². The third-order valence-corrected chi connectivity index (χ3v) is 3.75. The molecular weight excluding hydrogens is 292 g/mol. The second-order valence-electron chi connectivity index (χ2n) is 5.75. The van der Waals surface area contributed by atoms with Gasteiger partial charge in [-0.2, -0.15) is 0 Å². The summed E-state index contributed by atoms with van der Waals surface area (Å²) in [5.41, 5.74) is 7.21. The smallest absolute Gasteiger partial charge is 0.224 e. The molecule has 0 spiro atoms. The Balaban J connectivity index is 2.65. The Morgan fingerprint density at radius 3 is 2.56 bits per heavy atom. The van der Waals surface area contributed by atoms with E-state index >= 15 is 0 Å². The normalized spacial score (nSPS) is 13.2. The van der Waals surface area contributed by atoms with E-state index in [1.807, 2.05) is 6.07 Å². The topological polar surface area (TPSA) is 55.1 Å². The minimum Gasteiger partial charge on any atom is -0.397 e. The number of hydrogen-bond donors (Lipinski definition) is 2. The maximum atomic E-state index is 11.9. The van der Waals surface area contributed by atoms with Crippen molar-refractivity contribution in [2.45, 2.75) is 34.1 Å². The number of halogens is 1. The fraction of sp³-hybridized carbons (Fsp3) is 0.500. The minimum absolute atomic E-state index is 0.00597. The van der Waals surface area contributed by atoms with Crippen LogP contribution in [0.5, 0.6) is 0 Å². The SMILES string of the molecule is CC(CC(=O)Nc1ccc(Br)cc1N)C(C)(C)C. The highest BCUT2D eigenvalue weighted by Crippen LogP contribution is 2.29. The van der Waals surface area contributed by atoms with Gasteiger partial charge in [0, 0.05) is 10.9 Å². The van der Waals surface area contributed by atoms with Crippen molar-refractivity contribution in [2.75, 3.05) is 11.1 Å². The van der Waals surface area contributed by atoms with Gasteiger partial charge in [-0.05, 0) is 29.5 Å². The van der Waals surface area contributed by atoms with Crippen molar-refractivity contribution < 1.29 is 4.79 Å². The molecule has 1 amide bonds. The summed E-state index contributed by atoms with van der Waals surface area (Å²) in [4.78, 5) is 11.9. The van der Waals surface area contributed by atoms with Gasteiger partial charge in [-0.25, -0.2) is 0 Å². The van der Waals surface area contributed by atoms with Crippen molar-refractivity contribution in [1.82, 2.24) is 0 Å². The third-order valence-electron chi connectivity index (χ3n) is 3.26. The molecule has 1 aromatic rings. The van der Waals surface area contributed by atoms with Gasteiger partial charge in [0.05, 0.1) is 11.4 Å². The molecule has 1 atom stereocenters.